The van der Waals surface area contributed by atoms with Gasteiger partial charge in [-0.3, -0.25) is 0 Å². The van der Waals surface area contributed by atoms with Crippen molar-refractivity contribution in [3.8, 4) is 0 Å². The molecule has 0 atom stereocenters. The number of nitrogens with zero attached hydrogens (tertiary/aromatic N) is 1. The summed E-state index contributed by atoms with van der Waals surface area (Å²) >= 11 is 3.02. The lowest BCUT2D eigenvalue weighted by Gasteiger charge is -2.32. The lowest BCUT2D eigenvalue weighted by Crippen LogP contribution is -2.39. The second-order valence-electron chi connectivity index (χ2n) is 4.15. The van der Waals surface area contributed by atoms with Crippen LogP contribution in [0.2, 0.25) is 0 Å². The number of halogens is 1. The van der Waals surface area contributed by atoms with Gasteiger partial charge in [0.05, 0.1) is 0 Å². The summed E-state index contributed by atoms with van der Waals surface area (Å²) in [6, 6.07) is 0.216. The van der Waals surface area contributed by atoms with Crippen molar-refractivity contribution in [1.29, 1.82) is 0 Å². The van der Waals surface area contributed by atoms with Crippen molar-refractivity contribution in [2.45, 2.75) is 38.6 Å². The van der Waals surface area contributed by atoms with Crippen molar-refractivity contribution in [2.24, 2.45) is 5.92 Å². The van der Waals surface area contributed by atoms with E-state index in [1.807, 2.05) is 0 Å². The van der Waals surface area contributed by atoms with E-state index in [2.05, 4.69) is 22.9 Å². The lowest BCUT2D eigenvalue weighted by atomic mass is 9.87. The number of rotatable bonds is 3. The molecule has 0 aromatic rings. The largest absolute Gasteiger partial charge is 0.224 e. The minimum atomic E-state index is -3.07. The topological polar surface area (TPSA) is 37.4 Å². The molecule has 0 aromatic carbocycles. The Kier molecular flexibility index (Phi) is 4.40. The van der Waals surface area contributed by atoms with Crippen LogP contribution in [0.25, 0.3) is 0 Å². The molecule has 0 saturated heterocycles. The number of alkyl halides is 1. The lowest BCUT2D eigenvalue weighted by molar-refractivity contribution is 0.247. The van der Waals surface area contributed by atoms with Crippen LogP contribution >= 0.6 is 15.9 Å². The summed E-state index contributed by atoms with van der Waals surface area (Å²) in [5.74, 6) is 0.756. The minimum absolute atomic E-state index is 0.0303. The molecule has 3 nitrogen and oxygen atoms in total. The van der Waals surface area contributed by atoms with Gasteiger partial charge in [-0.1, -0.05) is 22.9 Å². The summed E-state index contributed by atoms with van der Waals surface area (Å²) in [7, 11) is -1.37. The third-order valence-corrected chi connectivity index (χ3v) is 6.26. The summed E-state index contributed by atoms with van der Waals surface area (Å²) in [5, 5.41) is 0. The van der Waals surface area contributed by atoms with E-state index < -0.39 is 10.0 Å². The molecule has 0 N–H and O–H groups in total. The first-order chi connectivity index (χ1) is 6.47. The summed E-state index contributed by atoms with van der Waals surface area (Å²) in [4.78, 5) is 0. The van der Waals surface area contributed by atoms with Gasteiger partial charge in [0, 0.05) is 13.1 Å². The normalized spacial score (nSPS) is 29.4. The van der Waals surface area contributed by atoms with Gasteiger partial charge in [-0.05, 0) is 31.6 Å². The summed E-state index contributed by atoms with van der Waals surface area (Å²) in [5.41, 5.74) is 0. The first-order valence-electron chi connectivity index (χ1n) is 4.99. The highest BCUT2D eigenvalue weighted by Crippen LogP contribution is 2.27. The van der Waals surface area contributed by atoms with Crippen molar-refractivity contribution in [1.82, 2.24) is 4.31 Å². The molecule has 0 amide bonds. The molecular formula is C9H18BrNO2S. The maximum Gasteiger partial charge on any atom is 0.224 e. The van der Waals surface area contributed by atoms with Gasteiger partial charge in [0.25, 0.3) is 0 Å². The summed E-state index contributed by atoms with van der Waals surface area (Å²) in [6.45, 7) is 2.23. The molecule has 84 valence electrons. The van der Waals surface area contributed by atoms with Gasteiger partial charge in [-0.15, -0.1) is 0 Å². The van der Waals surface area contributed by atoms with Crippen LogP contribution in [0, 0.1) is 5.92 Å². The molecular weight excluding hydrogens is 266 g/mol. The average Bonchev–Trinajstić information content (AvgIpc) is 2.18. The van der Waals surface area contributed by atoms with Gasteiger partial charge in [-0.2, -0.15) is 0 Å². The van der Waals surface area contributed by atoms with Crippen LogP contribution in [0.3, 0.4) is 0 Å². The molecule has 0 bridgehead atoms. The van der Waals surface area contributed by atoms with Crippen LogP contribution in [0.1, 0.15) is 32.6 Å². The molecule has 1 saturated carbocycles. The zero-order valence-corrected chi connectivity index (χ0v) is 11.1. The predicted molar refractivity (Wildman–Crippen MR) is 61.9 cm³/mol. The van der Waals surface area contributed by atoms with Crippen molar-refractivity contribution in [3.63, 3.8) is 0 Å². The first kappa shape index (κ1) is 12.5. The molecule has 0 unspecified atom stereocenters. The number of sulfonamides is 1. The molecule has 0 heterocycles. The van der Waals surface area contributed by atoms with Gasteiger partial charge in [0.15, 0.2) is 0 Å². The maximum absolute atomic E-state index is 11.6. The molecule has 0 radical (unpaired) electrons. The van der Waals surface area contributed by atoms with Crippen LogP contribution in [0.5, 0.6) is 0 Å². The van der Waals surface area contributed by atoms with Crippen molar-refractivity contribution in [2.75, 3.05) is 11.7 Å². The second kappa shape index (κ2) is 4.94. The van der Waals surface area contributed by atoms with Crippen LogP contribution in [0.15, 0.2) is 0 Å². The van der Waals surface area contributed by atoms with Gasteiger partial charge >= 0.3 is 0 Å². The molecule has 1 fully saturated rings. The first-order valence-corrected chi connectivity index (χ1v) is 7.72. The van der Waals surface area contributed by atoms with Crippen molar-refractivity contribution < 1.29 is 8.42 Å². The Labute approximate surface area is 95.0 Å². The smallest absolute Gasteiger partial charge is 0.211 e. The Morgan fingerprint density at radius 3 is 2.21 bits per heavy atom. The monoisotopic (exact) mass is 283 g/mol. The standard InChI is InChI=1S/C9H18BrNO2S/c1-8-3-5-9(6-4-8)11(2)14(12,13)7-10/h8-9H,3-7H2,1-2H3. The van der Waals surface area contributed by atoms with Crippen LogP contribution in [0.4, 0.5) is 0 Å². The van der Waals surface area contributed by atoms with Gasteiger partial charge in [-0.25, -0.2) is 12.7 Å². The molecule has 1 aliphatic carbocycles. The van der Waals surface area contributed by atoms with Crippen LogP contribution in [-0.4, -0.2) is 30.5 Å². The average molecular weight is 284 g/mol. The van der Waals surface area contributed by atoms with Crippen molar-refractivity contribution >= 4 is 26.0 Å². The highest BCUT2D eigenvalue weighted by atomic mass is 79.9. The number of hydrogen-bond acceptors (Lipinski definition) is 2. The van der Waals surface area contributed by atoms with Gasteiger partial charge in [0.2, 0.25) is 10.0 Å². The quantitative estimate of drug-likeness (QED) is 0.745. The molecule has 0 aromatic heterocycles. The van der Waals surface area contributed by atoms with E-state index in [9.17, 15) is 8.42 Å². The Bertz CT molecular complexity index is 271. The van der Waals surface area contributed by atoms with E-state index in [1.54, 1.807) is 7.05 Å². The molecule has 1 rings (SSSR count). The Morgan fingerprint density at radius 1 is 1.29 bits per heavy atom. The van der Waals surface area contributed by atoms with Gasteiger partial charge in [0.1, 0.15) is 4.66 Å². The van der Waals surface area contributed by atoms with Gasteiger partial charge < -0.3 is 0 Å². The summed E-state index contributed by atoms with van der Waals surface area (Å²) in [6.07, 6.45) is 4.30. The summed E-state index contributed by atoms with van der Waals surface area (Å²) < 4.78 is 24.7. The number of hydrogen-bond donors (Lipinski definition) is 0. The molecule has 1 aliphatic rings. The van der Waals surface area contributed by atoms with E-state index in [0.29, 0.717) is 0 Å². The maximum atomic E-state index is 11.6. The molecule has 0 aliphatic heterocycles. The highest BCUT2D eigenvalue weighted by molar-refractivity contribution is 9.10. The fourth-order valence-electron chi connectivity index (χ4n) is 1.91. The van der Waals surface area contributed by atoms with Crippen molar-refractivity contribution in [3.05, 3.63) is 0 Å². The van der Waals surface area contributed by atoms with E-state index >= 15 is 0 Å². The van der Waals surface area contributed by atoms with E-state index in [-0.39, 0.29) is 10.7 Å². The zero-order chi connectivity index (χ0) is 10.8. The third kappa shape index (κ3) is 2.94. The fourth-order valence-corrected chi connectivity index (χ4v) is 3.70. The minimum Gasteiger partial charge on any atom is -0.211 e. The SMILES string of the molecule is CC1CCC(N(C)S(=O)(=O)CBr)CC1. The molecule has 14 heavy (non-hydrogen) atoms. The van der Waals surface area contributed by atoms with E-state index in [4.69, 9.17) is 0 Å². The van der Waals surface area contributed by atoms with Crippen LogP contribution < -0.4 is 0 Å². The Balaban J connectivity index is 2.58. The van der Waals surface area contributed by atoms with E-state index in [0.717, 1.165) is 31.6 Å². The zero-order valence-electron chi connectivity index (χ0n) is 8.74. The van der Waals surface area contributed by atoms with Crippen LogP contribution in [-0.2, 0) is 10.0 Å². The second-order valence-corrected chi connectivity index (χ2v) is 7.48. The molecule has 5 heteroatoms. The Hall–Kier alpha value is 0.390. The Morgan fingerprint density at radius 2 is 1.79 bits per heavy atom. The van der Waals surface area contributed by atoms with E-state index in [1.165, 1.54) is 4.31 Å². The third-order valence-electron chi connectivity index (χ3n) is 3.08. The molecule has 0 spiro atoms. The fraction of sp³-hybridized carbons (Fsp3) is 1.00. The predicted octanol–water partition coefficient (Wildman–Crippen LogP) is 2.18. The highest BCUT2D eigenvalue weighted by Gasteiger charge is 2.28.